The molecular formula is C25H35Cl2N3OS. The first kappa shape index (κ1) is 24.2. The minimum atomic E-state index is 0. The number of benzene rings is 1. The summed E-state index contributed by atoms with van der Waals surface area (Å²) in [7, 11) is 0. The quantitative estimate of drug-likeness (QED) is 0.503. The molecule has 6 rings (SSSR count). The lowest BCUT2D eigenvalue weighted by Gasteiger charge is -2.55. The molecule has 1 aromatic rings. The first-order valence-corrected chi connectivity index (χ1v) is 13.2. The van der Waals surface area contributed by atoms with Crippen LogP contribution < -0.4 is 5.32 Å². The summed E-state index contributed by atoms with van der Waals surface area (Å²) in [5.74, 6) is 3.69. The molecule has 1 N–H and O–H groups in total. The molecule has 4 bridgehead atoms. The molecule has 4 nitrogen and oxygen atoms in total. The SMILES string of the molecule is Cc1ccc(NC(=O)CC2CS/C(=N\C34CC5CC(CC(C5)C3)C4)N2C(C)C)cc1Cl.Cl. The molecule has 1 saturated heterocycles. The highest BCUT2D eigenvalue weighted by Gasteiger charge is 2.51. The smallest absolute Gasteiger partial charge is 0.226 e. The van der Waals surface area contributed by atoms with Gasteiger partial charge in [-0.3, -0.25) is 9.79 Å². The summed E-state index contributed by atoms with van der Waals surface area (Å²) in [5.41, 5.74) is 1.97. The lowest BCUT2D eigenvalue weighted by molar-refractivity contribution is -0.117. The van der Waals surface area contributed by atoms with Gasteiger partial charge < -0.3 is 10.2 Å². The Hall–Kier alpha value is -0.910. The number of hydrogen-bond acceptors (Lipinski definition) is 3. The fourth-order valence-corrected chi connectivity index (χ4v) is 8.44. The van der Waals surface area contributed by atoms with Crippen LogP contribution in [0.3, 0.4) is 0 Å². The van der Waals surface area contributed by atoms with Crippen LogP contribution in [0.25, 0.3) is 0 Å². The third-order valence-electron chi connectivity index (χ3n) is 7.79. The summed E-state index contributed by atoms with van der Waals surface area (Å²) in [6.45, 7) is 6.42. The van der Waals surface area contributed by atoms with E-state index in [0.717, 1.165) is 34.8 Å². The van der Waals surface area contributed by atoms with Gasteiger partial charge in [-0.2, -0.15) is 0 Å². The summed E-state index contributed by atoms with van der Waals surface area (Å²) >= 11 is 8.08. The summed E-state index contributed by atoms with van der Waals surface area (Å²) < 4.78 is 0. The number of carbonyl (C=O) groups is 1. The summed E-state index contributed by atoms with van der Waals surface area (Å²) in [5, 5.41) is 4.91. The molecule has 4 aliphatic carbocycles. The van der Waals surface area contributed by atoms with Gasteiger partial charge in [0.15, 0.2) is 5.17 Å². The van der Waals surface area contributed by atoms with Crippen LogP contribution >= 0.6 is 35.8 Å². The van der Waals surface area contributed by atoms with E-state index in [1.165, 1.54) is 43.7 Å². The lowest BCUT2D eigenvalue weighted by Crippen LogP contribution is -2.50. The number of halogens is 2. The van der Waals surface area contributed by atoms with E-state index in [-0.39, 0.29) is 29.9 Å². The van der Waals surface area contributed by atoms with Gasteiger partial charge >= 0.3 is 0 Å². The highest BCUT2D eigenvalue weighted by atomic mass is 35.5. The summed E-state index contributed by atoms with van der Waals surface area (Å²) in [6.07, 6.45) is 8.67. The molecule has 7 heteroatoms. The zero-order chi connectivity index (χ0) is 21.8. The fraction of sp³-hybridized carbons (Fsp3) is 0.680. The fourth-order valence-electron chi connectivity index (χ4n) is 6.87. The zero-order valence-electron chi connectivity index (χ0n) is 19.3. The Morgan fingerprint density at radius 1 is 1.22 bits per heavy atom. The highest BCUT2D eigenvalue weighted by molar-refractivity contribution is 8.14. The largest absolute Gasteiger partial charge is 0.345 e. The van der Waals surface area contributed by atoms with Crippen LogP contribution in [-0.4, -0.2) is 39.4 Å². The Bertz CT molecular complexity index is 868. The molecule has 0 radical (unpaired) electrons. The van der Waals surface area contributed by atoms with Crippen LogP contribution in [0.4, 0.5) is 5.69 Å². The monoisotopic (exact) mass is 495 g/mol. The lowest BCUT2D eigenvalue weighted by atomic mass is 9.53. The molecule has 1 atom stereocenters. The normalized spacial score (nSPS) is 34.3. The van der Waals surface area contributed by atoms with E-state index in [1.807, 2.05) is 36.9 Å². The maximum Gasteiger partial charge on any atom is 0.226 e. The molecule has 1 aromatic carbocycles. The van der Waals surface area contributed by atoms with Crippen molar-refractivity contribution >= 4 is 52.5 Å². The molecule has 4 saturated carbocycles. The Morgan fingerprint density at radius 2 is 1.84 bits per heavy atom. The van der Waals surface area contributed by atoms with Crippen LogP contribution in [0.15, 0.2) is 23.2 Å². The second kappa shape index (κ2) is 9.38. The number of hydrogen-bond donors (Lipinski definition) is 1. The van der Waals surface area contributed by atoms with Crippen LogP contribution in [0.5, 0.6) is 0 Å². The van der Waals surface area contributed by atoms with E-state index >= 15 is 0 Å². The molecule has 1 unspecified atom stereocenters. The number of thioether (sulfide) groups is 1. The molecule has 176 valence electrons. The van der Waals surface area contributed by atoms with Crippen molar-refractivity contribution in [1.29, 1.82) is 0 Å². The van der Waals surface area contributed by atoms with E-state index in [0.29, 0.717) is 17.5 Å². The maximum atomic E-state index is 12.8. The number of amides is 1. The first-order valence-electron chi connectivity index (χ1n) is 11.9. The Kier molecular flexibility index (Phi) is 7.10. The van der Waals surface area contributed by atoms with Gasteiger partial charge in [0.2, 0.25) is 5.91 Å². The van der Waals surface area contributed by atoms with Crippen LogP contribution in [0, 0.1) is 24.7 Å². The Morgan fingerprint density at radius 3 is 2.41 bits per heavy atom. The zero-order valence-corrected chi connectivity index (χ0v) is 21.7. The number of nitrogens with zero attached hydrogens (tertiary/aromatic N) is 2. The van der Waals surface area contributed by atoms with Gasteiger partial charge in [-0.15, -0.1) is 12.4 Å². The van der Waals surface area contributed by atoms with Gasteiger partial charge in [0, 0.05) is 35.0 Å². The van der Waals surface area contributed by atoms with Crippen molar-refractivity contribution in [2.45, 2.75) is 83.3 Å². The van der Waals surface area contributed by atoms with Crippen molar-refractivity contribution in [1.82, 2.24) is 4.90 Å². The molecule has 5 fully saturated rings. The van der Waals surface area contributed by atoms with Gasteiger partial charge in [-0.1, -0.05) is 29.4 Å². The molecule has 5 aliphatic rings. The molecule has 0 aromatic heterocycles. The van der Waals surface area contributed by atoms with Crippen LogP contribution in [0.1, 0.15) is 64.4 Å². The number of aliphatic imine (C=N–C) groups is 1. The van der Waals surface area contributed by atoms with Crippen molar-refractivity contribution < 1.29 is 4.79 Å². The minimum absolute atomic E-state index is 0. The number of anilines is 1. The number of amidine groups is 1. The molecule has 1 heterocycles. The predicted octanol–water partition coefficient (Wildman–Crippen LogP) is 6.55. The van der Waals surface area contributed by atoms with Gasteiger partial charge in [0.1, 0.15) is 0 Å². The third-order valence-corrected chi connectivity index (χ3v) is 9.31. The predicted molar refractivity (Wildman–Crippen MR) is 138 cm³/mol. The molecule has 1 aliphatic heterocycles. The second-order valence-corrected chi connectivity index (χ2v) is 12.1. The average molecular weight is 497 g/mol. The number of rotatable bonds is 5. The highest BCUT2D eigenvalue weighted by Crippen LogP contribution is 2.57. The van der Waals surface area contributed by atoms with Crippen molar-refractivity contribution in [2.75, 3.05) is 11.1 Å². The van der Waals surface area contributed by atoms with Crippen molar-refractivity contribution in [2.24, 2.45) is 22.7 Å². The van der Waals surface area contributed by atoms with Gasteiger partial charge in [-0.05, 0) is 94.7 Å². The molecule has 0 spiro atoms. The summed E-state index contributed by atoms with van der Waals surface area (Å²) in [4.78, 5) is 20.7. The number of carbonyl (C=O) groups excluding carboxylic acids is 1. The van der Waals surface area contributed by atoms with Crippen LogP contribution in [-0.2, 0) is 4.79 Å². The Balaban J connectivity index is 0.00000245. The van der Waals surface area contributed by atoms with E-state index in [2.05, 4.69) is 24.1 Å². The van der Waals surface area contributed by atoms with Crippen molar-refractivity contribution in [3.05, 3.63) is 28.8 Å². The van der Waals surface area contributed by atoms with Gasteiger partial charge in [0.05, 0.1) is 5.54 Å². The minimum Gasteiger partial charge on any atom is -0.345 e. The summed E-state index contributed by atoms with van der Waals surface area (Å²) in [6, 6.07) is 6.23. The van der Waals surface area contributed by atoms with Crippen LogP contribution in [0.2, 0.25) is 5.02 Å². The average Bonchev–Trinajstić information content (AvgIpc) is 3.05. The van der Waals surface area contributed by atoms with E-state index < -0.39 is 0 Å². The first-order chi connectivity index (χ1) is 14.8. The molecule has 32 heavy (non-hydrogen) atoms. The van der Waals surface area contributed by atoms with Crippen molar-refractivity contribution in [3.63, 3.8) is 0 Å². The van der Waals surface area contributed by atoms with E-state index in [9.17, 15) is 4.79 Å². The van der Waals surface area contributed by atoms with Crippen molar-refractivity contribution in [3.8, 4) is 0 Å². The Labute approximate surface area is 207 Å². The third kappa shape index (κ3) is 4.81. The van der Waals surface area contributed by atoms with Gasteiger partial charge in [-0.25, -0.2) is 0 Å². The molecule has 1 amide bonds. The maximum absolute atomic E-state index is 12.8. The van der Waals surface area contributed by atoms with E-state index in [4.69, 9.17) is 16.6 Å². The standard InChI is InChI=1S/C25H34ClN3OS.ClH/c1-15(2)29-21(10-23(30)27-20-5-4-16(3)22(26)9-20)14-31-24(29)28-25-11-17-6-18(12-25)8-19(7-17)13-25;/h4-5,9,15,17-19,21H,6-8,10-14H2,1-3H3,(H,27,30);1H/b28-24-;. The number of aryl methyl sites for hydroxylation is 1. The molecular weight excluding hydrogens is 461 g/mol. The number of nitrogens with one attached hydrogen (secondary N) is 1. The topological polar surface area (TPSA) is 44.7 Å². The van der Waals surface area contributed by atoms with E-state index in [1.54, 1.807) is 0 Å². The van der Waals surface area contributed by atoms with Gasteiger partial charge in [0.25, 0.3) is 0 Å². The second-order valence-electron chi connectivity index (χ2n) is 10.7.